The van der Waals surface area contributed by atoms with Crippen LogP contribution in [0.15, 0.2) is 12.1 Å². The van der Waals surface area contributed by atoms with Crippen molar-refractivity contribution in [2.24, 2.45) is 0 Å². The third-order valence-corrected chi connectivity index (χ3v) is 5.79. The van der Waals surface area contributed by atoms with E-state index in [-0.39, 0.29) is 11.8 Å². The molecule has 1 atom stereocenters. The molecule has 4 heteroatoms. The molecule has 0 saturated carbocycles. The highest BCUT2D eigenvalue weighted by atomic mass is 16.2. The number of aryl methyl sites for hydroxylation is 2. The molecule has 28 heavy (non-hydrogen) atoms. The number of anilines is 1. The van der Waals surface area contributed by atoms with Crippen LogP contribution in [-0.4, -0.2) is 18.4 Å². The van der Waals surface area contributed by atoms with Gasteiger partial charge < -0.3 is 10.2 Å². The number of hydrogen-bond acceptors (Lipinski definition) is 2. The predicted molar refractivity (Wildman–Crippen MR) is 117 cm³/mol. The van der Waals surface area contributed by atoms with E-state index in [0.29, 0.717) is 0 Å². The number of carbonyl (C=O) groups excluding carboxylic acids is 2. The first-order valence-electron chi connectivity index (χ1n) is 11.2. The summed E-state index contributed by atoms with van der Waals surface area (Å²) in [6.45, 7) is 8.54. The topological polar surface area (TPSA) is 49.4 Å². The van der Waals surface area contributed by atoms with Crippen molar-refractivity contribution in [3.8, 4) is 0 Å². The molecule has 2 rings (SSSR count). The van der Waals surface area contributed by atoms with Crippen molar-refractivity contribution in [2.45, 2.75) is 97.9 Å². The minimum Gasteiger partial charge on any atom is -0.341 e. The molecule has 0 saturated heterocycles. The molecule has 1 aliphatic heterocycles. The number of hydrogen-bond donors (Lipinski definition) is 1. The lowest BCUT2D eigenvalue weighted by Crippen LogP contribution is -2.37. The maximum Gasteiger partial charge on any atom is 0.254 e. The molecule has 0 radical (unpaired) electrons. The molecule has 0 spiro atoms. The number of rotatable bonds is 12. The molecule has 2 amide bonds. The number of unbranched alkanes of at least 4 members (excludes halogenated alkanes) is 9. The molecule has 1 aliphatic rings. The van der Waals surface area contributed by atoms with Gasteiger partial charge in [-0.1, -0.05) is 76.8 Å². The number of nitrogens with zero attached hydrogens (tertiary/aromatic N) is 1. The first kappa shape index (κ1) is 22.4. The zero-order valence-corrected chi connectivity index (χ0v) is 18.3. The van der Waals surface area contributed by atoms with Gasteiger partial charge in [0.1, 0.15) is 6.04 Å². The van der Waals surface area contributed by atoms with Crippen molar-refractivity contribution >= 4 is 17.5 Å². The second kappa shape index (κ2) is 11.2. The van der Waals surface area contributed by atoms with Gasteiger partial charge in [0.05, 0.1) is 5.69 Å². The Balaban J connectivity index is 1.85. The van der Waals surface area contributed by atoms with Crippen LogP contribution in [0.4, 0.5) is 5.69 Å². The lowest BCUT2D eigenvalue weighted by molar-refractivity contribution is -0.126. The molecule has 156 valence electrons. The Morgan fingerprint density at radius 3 is 2.04 bits per heavy atom. The lowest BCUT2D eigenvalue weighted by atomic mass is 9.99. The lowest BCUT2D eigenvalue weighted by Gasteiger charge is -2.19. The van der Waals surface area contributed by atoms with Crippen LogP contribution >= 0.6 is 0 Å². The Morgan fingerprint density at radius 1 is 0.929 bits per heavy atom. The van der Waals surface area contributed by atoms with Gasteiger partial charge in [0.15, 0.2) is 0 Å². The molecule has 1 unspecified atom stereocenters. The van der Waals surface area contributed by atoms with Crippen molar-refractivity contribution in [1.82, 2.24) is 5.32 Å². The average Bonchev–Trinajstić information content (AvgIpc) is 2.93. The summed E-state index contributed by atoms with van der Waals surface area (Å²) in [5, 5.41) is 2.85. The van der Waals surface area contributed by atoms with Gasteiger partial charge in [-0.15, -0.1) is 0 Å². The number of carbonyl (C=O) groups is 2. The number of benzene rings is 1. The molecule has 4 nitrogen and oxygen atoms in total. The largest absolute Gasteiger partial charge is 0.341 e. The second-order valence-electron chi connectivity index (χ2n) is 8.27. The summed E-state index contributed by atoms with van der Waals surface area (Å²) in [5.74, 6) is -0.149. The van der Waals surface area contributed by atoms with Crippen LogP contribution in [0.1, 0.15) is 101 Å². The molecule has 1 N–H and O–H groups in total. The van der Waals surface area contributed by atoms with Crippen LogP contribution in [0.3, 0.4) is 0 Å². The van der Waals surface area contributed by atoms with Gasteiger partial charge in [0, 0.05) is 19.0 Å². The first-order chi connectivity index (χ1) is 13.5. The summed E-state index contributed by atoms with van der Waals surface area (Å²) >= 11 is 0. The summed E-state index contributed by atoms with van der Waals surface area (Å²) in [6, 6.07) is 3.58. The fraction of sp³-hybridized carbons (Fsp3) is 0.667. The van der Waals surface area contributed by atoms with E-state index < -0.39 is 6.04 Å². The van der Waals surface area contributed by atoms with Crippen LogP contribution in [-0.2, 0) is 9.59 Å². The van der Waals surface area contributed by atoms with E-state index in [1.807, 2.05) is 24.8 Å². The highest BCUT2D eigenvalue weighted by Crippen LogP contribution is 2.40. The normalized spacial score (nSPS) is 15.8. The number of amides is 2. The zero-order chi connectivity index (χ0) is 20.5. The zero-order valence-electron chi connectivity index (χ0n) is 18.3. The maximum absolute atomic E-state index is 13.0. The van der Waals surface area contributed by atoms with E-state index >= 15 is 0 Å². The number of nitrogens with one attached hydrogen (secondary N) is 1. The monoisotopic (exact) mass is 386 g/mol. The van der Waals surface area contributed by atoms with Gasteiger partial charge in [-0.25, -0.2) is 0 Å². The highest BCUT2D eigenvalue weighted by molar-refractivity contribution is 6.07. The van der Waals surface area contributed by atoms with E-state index in [4.69, 9.17) is 0 Å². The Hall–Kier alpha value is -1.84. The van der Waals surface area contributed by atoms with Gasteiger partial charge in [-0.3, -0.25) is 9.59 Å². The highest BCUT2D eigenvalue weighted by Gasteiger charge is 2.39. The quantitative estimate of drug-likeness (QED) is 0.465. The van der Waals surface area contributed by atoms with Gasteiger partial charge in [-0.2, -0.15) is 0 Å². The molecule has 0 fully saturated rings. The standard InChI is InChI=1S/C24H38N2O2/c1-5-6-7-8-9-10-11-12-13-14-17-26-23-19(3)16-15-18(2)21(23)22(24(26)28)25-20(4)27/h15-16,22H,5-14,17H2,1-4H3,(H,25,27). The van der Waals surface area contributed by atoms with Crippen LogP contribution in [0.2, 0.25) is 0 Å². The van der Waals surface area contributed by atoms with Crippen LogP contribution in [0.25, 0.3) is 0 Å². The third-order valence-electron chi connectivity index (χ3n) is 5.79. The Labute approximate surface area is 171 Å². The fourth-order valence-electron chi connectivity index (χ4n) is 4.25. The van der Waals surface area contributed by atoms with E-state index in [2.05, 4.69) is 18.3 Å². The van der Waals surface area contributed by atoms with Crippen molar-refractivity contribution < 1.29 is 9.59 Å². The molecular formula is C24H38N2O2. The SMILES string of the molecule is CCCCCCCCCCCCN1C(=O)C(NC(C)=O)c2c(C)ccc(C)c21. The van der Waals surface area contributed by atoms with E-state index in [9.17, 15) is 9.59 Å². The van der Waals surface area contributed by atoms with Crippen molar-refractivity contribution in [1.29, 1.82) is 0 Å². The van der Waals surface area contributed by atoms with Crippen LogP contribution < -0.4 is 10.2 Å². The predicted octanol–water partition coefficient (Wildman–Crippen LogP) is 5.75. The van der Waals surface area contributed by atoms with Gasteiger partial charge >= 0.3 is 0 Å². The van der Waals surface area contributed by atoms with Gasteiger partial charge in [-0.05, 0) is 31.4 Å². The van der Waals surface area contributed by atoms with Crippen LogP contribution in [0.5, 0.6) is 0 Å². The van der Waals surface area contributed by atoms with Gasteiger partial charge in [0.2, 0.25) is 5.91 Å². The summed E-state index contributed by atoms with van der Waals surface area (Å²) < 4.78 is 0. The summed E-state index contributed by atoms with van der Waals surface area (Å²) in [6.07, 6.45) is 12.8. The Kier molecular flexibility index (Phi) is 9.01. The second-order valence-corrected chi connectivity index (χ2v) is 8.27. The molecule has 1 heterocycles. The smallest absolute Gasteiger partial charge is 0.254 e. The Bertz CT molecular complexity index is 669. The van der Waals surface area contributed by atoms with Crippen molar-refractivity contribution in [3.05, 3.63) is 28.8 Å². The van der Waals surface area contributed by atoms with Crippen LogP contribution in [0, 0.1) is 13.8 Å². The minimum absolute atomic E-state index is 0.0125. The fourth-order valence-corrected chi connectivity index (χ4v) is 4.25. The minimum atomic E-state index is -0.532. The summed E-state index contributed by atoms with van der Waals surface area (Å²) in [5.41, 5.74) is 4.17. The molecule has 0 aliphatic carbocycles. The molecule has 0 aromatic heterocycles. The molecular weight excluding hydrogens is 348 g/mol. The van der Waals surface area contributed by atoms with E-state index in [0.717, 1.165) is 41.8 Å². The average molecular weight is 387 g/mol. The molecule has 1 aromatic carbocycles. The third kappa shape index (κ3) is 5.83. The van der Waals surface area contributed by atoms with Gasteiger partial charge in [0.25, 0.3) is 5.91 Å². The van der Waals surface area contributed by atoms with Crippen molar-refractivity contribution in [3.63, 3.8) is 0 Å². The first-order valence-corrected chi connectivity index (χ1v) is 11.2. The van der Waals surface area contributed by atoms with Crippen molar-refractivity contribution in [2.75, 3.05) is 11.4 Å². The summed E-state index contributed by atoms with van der Waals surface area (Å²) in [7, 11) is 0. The molecule has 1 aromatic rings. The number of fused-ring (bicyclic) bond motifs is 1. The van der Waals surface area contributed by atoms with E-state index in [1.165, 1.54) is 58.3 Å². The maximum atomic E-state index is 13.0. The Morgan fingerprint density at radius 2 is 1.46 bits per heavy atom. The summed E-state index contributed by atoms with van der Waals surface area (Å²) in [4.78, 5) is 26.5. The molecule has 0 bridgehead atoms. The van der Waals surface area contributed by atoms with E-state index in [1.54, 1.807) is 0 Å².